The Bertz CT molecular complexity index is 903. The Morgan fingerprint density at radius 1 is 1.31 bits per heavy atom. The largest absolute Gasteiger partial charge is 0.491 e. The summed E-state index contributed by atoms with van der Waals surface area (Å²) in [5.41, 5.74) is 1.31. The van der Waals surface area contributed by atoms with Gasteiger partial charge in [-0.15, -0.1) is 0 Å². The first-order valence-electron chi connectivity index (χ1n) is 10.5. The second-order valence-electron chi connectivity index (χ2n) is 6.66. The Morgan fingerprint density at radius 2 is 2.06 bits per heavy atom. The molecular weight excluding hydrogens is 543 g/mol. The van der Waals surface area contributed by atoms with Crippen LogP contribution < -0.4 is 15.6 Å². The zero-order chi connectivity index (χ0) is 23.6. The summed E-state index contributed by atoms with van der Waals surface area (Å²) in [7, 11) is 1.84. The van der Waals surface area contributed by atoms with E-state index >= 15 is 0 Å². The van der Waals surface area contributed by atoms with Crippen LogP contribution >= 0.6 is 34.1 Å². The van der Waals surface area contributed by atoms with E-state index in [1.54, 1.807) is 15.5 Å². The summed E-state index contributed by atoms with van der Waals surface area (Å²) in [6.07, 6.45) is 4.96. The molecule has 32 heavy (non-hydrogen) atoms. The summed E-state index contributed by atoms with van der Waals surface area (Å²) < 4.78 is 14.1. The number of alkyl carbamates (subject to hydrolysis) is 1. The number of hydrogen-bond acceptors (Lipinski definition) is 6. The molecular formula is C23H31IN2O5S. The van der Waals surface area contributed by atoms with Crippen LogP contribution in [0.1, 0.15) is 36.6 Å². The number of aryl methyl sites for hydroxylation is 2. The van der Waals surface area contributed by atoms with Gasteiger partial charge in [0.1, 0.15) is 12.4 Å². The fraction of sp³-hybridized carbons (Fsp3) is 0.478. The molecule has 0 saturated heterocycles. The zero-order valence-electron chi connectivity index (χ0n) is 18.6. The van der Waals surface area contributed by atoms with Crippen LogP contribution in [0.4, 0.5) is 4.79 Å². The summed E-state index contributed by atoms with van der Waals surface area (Å²) in [6, 6.07) is 9.43. The van der Waals surface area contributed by atoms with Crippen LogP contribution in [-0.4, -0.2) is 41.5 Å². The minimum absolute atomic E-state index is 0.0644. The highest BCUT2D eigenvalue weighted by molar-refractivity contribution is 14.1. The van der Waals surface area contributed by atoms with E-state index in [4.69, 9.17) is 14.6 Å². The number of nitrogens with zero attached hydrogens (tertiary/aromatic N) is 1. The number of rotatable bonds is 7. The van der Waals surface area contributed by atoms with Crippen molar-refractivity contribution in [3.63, 3.8) is 0 Å². The van der Waals surface area contributed by atoms with Gasteiger partial charge in [0.2, 0.25) is 0 Å². The van der Waals surface area contributed by atoms with Gasteiger partial charge in [0.25, 0.3) is 5.56 Å². The van der Waals surface area contributed by atoms with Gasteiger partial charge in [-0.1, -0.05) is 49.0 Å². The molecule has 0 spiro atoms. The second-order valence-corrected chi connectivity index (χ2v) is 8.42. The minimum atomic E-state index is -0.386. The Balaban J connectivity index is 0.000000241. The highest BCUT2D eigenvalue weighted by atomic mass is 127. The molecule has 1 aromatic carbocycles. The van der Waals surface area contributed by atoms with Crippen LogP contribution in [0.25, 0.3) is 0 Å². The van der Waals surface area contributed by atoms with Crippen molar-refractivity contribution < 1.29 is 19.4 Å². The lowest BCUT2D eigenvalue weighted by atomic mass is 10.3. The number of carbonyl (C=O) groups is 1. The summed E-state index contributed by atoms with van der Waals surface area (Å²) in [5, 5.41) is 11.0. The Morgan fingerprint density at radius 3 is 2.69 bits per heavy atom. The highest BCUT2D eigenvalue weighted by Gasteiger charge is 2.17. The standard InChI is InChI=1S/C8H12INO2.C8H10O2.C7H9NOS/c1-2-3-6-10-8(11)12-7-4-5-9;9-6-7-10-8-4-2-1-3-5-8;1-8-7(9)5-3-2-4-6(5)10-8/h2-3,6-7H2,1H3,(H,10,11);1-5,9H,6-7H2;2-4H2,1H3. The van der Waals surface area contributed by atoms with Gasteiger partial charge in [-0.05, 0) is 41.7 Å². The molecule has 0 saturated carbocycles. The summed E-state index contributed by atoms with van der Waals surface area (Å²) >= 11 is 3.50. The predicted molar refractivity (Wildman–Crippen MR) is 137 cm³/mol. The molecule has 0 bridgehead atoms. The maximum Gasteiger partial charge on any atom is 0.408 e. The first kappa shape index (κ1) is 28.0. The molecule has 1 aromatic heterocycles. The number of fused-ring (bicyclic) bond motifs is 1. The van der Waals surface area contributed by atoms with Crippen molar-refractivity contribution in [2.45, 2.75) is 39.0 Å². The number of aliphatic hydroxyl groups excluding tert-OH is 1. The van der Waals surface area contributed by atoms with Gasteiger partial charge in [0, 0.05) is 46.6 Å². The van der Waals surface area contributed by atoms with E-state index in [9.17, 15) is 9.59 Å². The van der Waals surface area contributed by atoms with Crippen LogP contribution in [0.2, 0.25) is 0 Å². The van der Waals surface area contributed by atoms with Gasteiger partial charge in [-0.25, -0.2) is 4.79 Å². The van der Waals surface area contributed by atoms with E-state index < -0.39 is 0 Å². The number of unbranched alkanes of at least 4 members (excludes halogenated alkanes) is 1. The topological polar surface area (TPSA) is 89.8 Å². The number of benzene rings is 1. The molecule has 0 atom stereocenters. The third-order valence-electron chi connectivity index (χ3n) is 4.20. The monoisotopic (exact) mass is 574 g/mol. The lowest BCUT2D eigenvalue weighted by molar-refractivity contribution is 0.160. The molecule has 7 nitrogen and oxygen atoms in total. The average molecular weight is 574 g/mol. The maximum atomic E-state index is 11.2. The fourth-order valence-electron chi connectivity index (χ4n) is 2.67. The van der Waals surface area contributed by atoms with E-state index in [0.29, 0.717) is 13.2 Å². The van der Waals surface area contributed by atoms with Crippen molar-refractivity contribution in [3.05, 3.63) is 51.1 Å². The molecule has 2 N–H and O–H groups in total. The predicted octanol–water partition coefficient (Wildman–Crippen LogP) is 3.90. The van der Waals surface area contributed by atoms with Crippen molar-refractivity contribution in [3.8, 4) is 15.6 Å². The molecule has 176 valence electrons. The van der Waals surface area contributed by atoms with E-state index in [1.807, 2.05) is 60.0 Å². The first-order chi connectivity index (χ1) is 15.5. The number of nitrogens with one attached hydrogen (secondary N) is 1. The van der Waals surface area contributed by atoms with Crippen molar-refractivity contribution >= 4 is 40.2 Å². The molecule has 0 fully saturated rings. The summed E-state index contributed by atoms with van der Waals surface area (Å²) in [5.74, 6) is 3.43. The van der Waals surface area contributed by atoms with Crippen LogP contribution in [0.3, 0.4) is 0 Å². The number of hydrogen-bond donors (Lipinski definition) is 2. The van der Waals surface area contributed by atoms with Gasteiger partial charge in [0.15, 0.2) is 6.61 Å². The molecule has 0 aliphatic heterocycles. The number of halogens is 1. The molecule has 1 amide bonds. The van der Waals surface area contributed by atoms with E-state index in [1.165, 1.54) is 11.3 Å². The van der Waals surface area contributed by atoms with E-state index in [-0.39, 0.29) is 24.9 Å². The van der Waals surface area contributed by atoms with Crippen LogP contribution in [0, 0.1) is 9.85 Å². The van der Waals surface area contributed by atoms with Gasteiger partial charge in [0.05, 0.1) is 6.61 Å². The van der Waals surface area contributed by atoms with Crippen molar-refractivity contribution in [1.29, 1.82) is 0 Å². The minimum Gasteiger partial charge on any atom is -0.491 e. The van der Waals surface area contributed by atoms with Crippen LogP contribution in [-0.2, 0) is 24.6 Å². The quantitative estimate of drug-likeness (QED) is 0.298. The van der Waals surface area contributed by atoms with Crippen LogP contribution in [0.15, 0.2) is 35.1 Å². The van der Waals surface area contributed by atoms with Gasteiger partial charge >= 0.3 is 6.09 Å². The summed E-state index contributed by atoms with van der Waals surface area (Å²) in [6.45, 7) is 3.33. The lowest BCUT2D eigenvalue weighted by Crippen LogP contribution is -2.25. The molecule has 1 aliphatic carbocycles. The number of aromatic nitrogens is 1. The number of amides is 1. The third-order valence-corrected chi connectivity index (χ3v) is 5.70. The zero-order valence-corrected chi connectivity index (χ0v) is 21.5. The highest BCUT2D eigenvalue weighted by Crippen LogP contribution is 2.22. The van der Waals surface area contributed by atoms with E-state index in [0.717, 1.165) is 37.0 Å². The number of ether oxygens (including phenoxy) is 2. The molecule has 0 unspecified atom stereocenters. The maximum absolute atomic E-state index is 11.2. The molecule has 0 radical (unpaired) electrons. The molecule has 1 heterocycles. The van der Waals surface area contributed by atoms with Gasteiger partial charge < -0.3 is 19.9 Å². The third kappa shape index (κ3) is 11.5. The Hall–Kier alpha value is -2.03. The SMILES string of the molecule is CCCCNC(=O)OCC#CI.Cn1sc2c(c1=O)CCC2.OCCOc1ccccc1. The normalized spacial score (nSPS) is 10.9. The van der Waals surface area contributed by atoms with Gasteiger partial charge in [-0.2, -0.15) is 0 Å². The number of aliphatic hydroxyl groups is 1. The van der Waals surface area contributed by atoms with Crippen molar-refractivity contribution in [2.75, 3.05) is 26.4 Å². The van der Waals surface area contributed by atoms with Crippen molar-refractivity contribution in [2.24, 2.45) is 7.05 Å². The number of carbonyl (C=O) groups excluding carboxylic acids is 1. The second kappa shape index (κ2) is 17.5. The Labute approximate surface area is 207 Å². The van der Waals surface area contributed by atoms with Crippen molar-refractivity contribution in [1.82, 2.24) is 9.27 Å². The van der Waals surface area contributed by atoms with E-state index in [2.05, 4.69) is 22.1 Å². The fourth-order valence-corrected chi connectivity index (χ4v) is 3.88. The molecule has 9 heteroatoms. The Kier molecular flexibility index (Phi) is 15.3. The van der Waals surface area contributed by atoms with Gasteiger partial charge in [-0.3, -0.25) is 8.75 Å². The summed E-state index contributed by atoms with van der Waals surface area (Å²) in [4.78, 5) is 23.3. The number of para-hydroxylation sites is 1. The molecule has 3 rings (SSSR count). The smallest absolute Gasteiger partial charge is 0.408 e. The van der Waals surface area contributed by atoms with Crippen LogP contribution in [0.5, 0.6) is 5.75 Å². The lowest BCUT2D eigenvalue weighted by Gasteiger charge is -2.02. The molecule has 2 aromatic rings. The first-order valence-corrected chi connectivity index (χ1v) is 12.3. The average Bonchev–Trinajstić information content (AvgIpc) is 3.37. The molecule has 1 aliphatic rings.